The molecule has 0 fully saturated rings. The zero-order chi connectivity index (χ0) is 15.0. The van der Waals surface area contributed by atoms with Gasteiger partial charge in [0, 0.05) is 25.0 Å². The molecule has 20 heavy (non-hydrogen) atoms. The van der Waals surface area contributed by atoms with Crippen LogP contribution in [-0.2, 0) is 4.79 Å². The number of amides is 1. The number of nitrogens with one attached hydrogen (secondary N) is 1. The molecule has 1 amide bonds. The smallest absolute Gasteiger partial charge is 0.328 e. The Morgan fingerprint density at radius 3 is 2.80 bits per heavy atom. The number of hydrogen-bond donors (Lipinski definition) is 2. The Kier molecular flexibility index (Phi) is 6.39. The van der Waals surface area contributed by atoms with Gasteiger partial charge < -0.3 is 15.3 Å². The molecule has 0 spiro atoms. The van der Waals surface area contributed by atoms with E-state index in [-0.39, 0.29) is 5.91 Å². The van der Waals surface area contributed by atoms with Crippen molar-refractivity contribution in [2.45, 2.75) is 6.42 Å². The molecule has 1 heterocycles. The standard InChI is InChI=1S/C14H19N3O3/c1-17(2)7-3-6-16-14(20)12-8-11(9-15-10-12)4-5-13(18)19/h4-5,8-10H,3,6-7H2,1-2H3,(H,16,20)(H,18,19). The molecular weight excluding hydrogens is 258 g/mol. The maximum Gasteiger partial charge on any atom is 0.328 e. The Morgan fingerprint density at radius 2 is 2.15 bits per heavy atom. The third kappa shape index (κ3) is 6.10. The van der Waals surface area contributed by atoms with Gasteiger partial charge in [-0.3, -0.25) is 9.78 Å². The van der Waals surface area contributed by atoms with Gasteiger partial charge in [0.25, 0.3) is 5.91 Å². The van der Waals surface area contributed by atoms with E-state index >= 15 is 0 Å². The van der Waals surface area contributed by atoms with E-state index in [0.717, 1.165) is 19.0 Å². The molecule has 0 aromatic carbocycles. The minimum Gasteiger partial charge on any atom is -0.478 e. The number of carboxylic acids is 1. The molecule has 108 valence electrons. The first-order valence-electron chi connectivity index (χ1n) is 6.28. The fourth-order valence-corrected chi connectivity index (χ4v) is 1.54. The van der Waals surface area contributed by atoms with Gasteiger partial charge in [-0.1, -0.05) is 0 Å². The predicted octanol–water partition coefficient (Wildman–Crippen LogP) is 0.861. The first-order valence-corrected chi connectivity index (χ1v) is 6.28. The Balaban J connectivity index is 2.55. The molecule has 0 radical (unpaired) electrons. The van der Waals surface area contributed by atoms with Crippen LogP contribution in [0.25, 0.3) is 6.08 Å². The number of nitrogens with zero attached hydrogens (tertiary/aromatic N) is 2. The van der Waals surface area contributed by atoms with Crippen LogP contribution in [0.2, 0.25) is 0 Å². The number of aliphatic carboxylic acids is 1. The van der Waals surface area contributed by atoms with Crippen molar-refractivity contribution in [3.63, 3.8) is 0 Å². The Hall–Kier alpha value is -2.21. The number of carboxylic acid groups (broad SMARTS) is 1. The lowest BCUT2D eigenvalue weighted by atomic mass is 10.2. The number of hydrogen-bond acceptors (Lipinski definition) is 4. The highest BCUT2D eigenvalue weighted by molar-refractivity contribution is 5.94. The fraction of sp³-hybridized carbons (Fsp3) is 0.357. The normalized spacial score (nSPS) is 10.9. The van der Waals surface area contributed by atoms with Crippen molar-refractivity contribution in [2.75, 3.05) is 27.2 Å². The van der Waals surface area contributed by atoms with E-state index in [1.807, 2.05) is 19.0 Å². The summed E-state index contributed by atoms with van der Waals surface area (Å²) < 4.78 is 0. The van der Waals surface area contributed by atoms with Gasteiger partial charge in [0.15, 0.2) is 0 Å². The van der Waals surface area contributed by atoms with E-state index < -0.39 is 5.97 Å². The quantitative estimate of drug-likeness (QED) is 0.570. The Morgan fingerprint density at radius 1 is 1.40 bits per heavy atom. The lowest BCUT2D eigenvalue weighted by Gasteiger charge is -2.09. The van der Waals surface area contributed by atoms with Crippen LogP contribution in [0.15, 0.2) is 24.5 Å². The zero-order valence-electron chi connectivity index (χ0n) is 11.7. The van der Waals surface area contributed by atoms with Gasteiger partial charge in [0.2, 0.25) is 0 Å². The Labute approximate surface area is 118 Å². The van der Waals surface area contributed by atoms with Gasteiger partial charge in [0.05, 0.1) is 5.56 Å². The second-order valence-corrected chi connectivity index (χ2v) is 4.59. The van der Waals surface area contributed by atoms with Crippen molar-refractivity contribution in [1.82, 2.24) is 15.2 Å². The maximum atomic E-state index is 11.9. The third-order valence-corrected chi connectivity index (χ3v) is 2.51. The molecule has 6 heteroatoms. The summed E-state index contributed by atoms with van der Waals surface area (Å²) in [7, 11) is 3.95. The lowest BCUT2D eigenvalue weighted by molar-refractivity contribution is -0.131. The average Bonchev–Trinajstić information content (AvgIpc) is 2.41. The van der Waals surface area contributed by atoms with Gasteiger partial charge in [-0.25, -0.2) is 4.79 Å². The second kappa shape index (κ2) is 8.06. The molecule has 0 aliphatic carbocycles. The summed E-state index contributed by atoms with van der Waals surface area (Å²) in [5.41, 5.74) is 0.996. The van der Waals surface area contributed by atoms with Crippen molar-refractivity contribution in [3.8, 4) is 0 Å². The van der Waals surface area contributed by atoms with Crippen LogP contribution in [0, 0.1) is 0 Å². The van der Waals surface area contributed by atoms with Crippen LogP contribution in [0.1, 0.15) is 22.3 Å². The van der Waals surface area contributed by atoms with E-state index in [1.54, 1.807) is 6.07 Å². The molecule has 6 nitrogen and oxygen atoms in total. The molecule has 1 aromatic heterocycles. The minimum atomic E-state index is -1.04. The second-order valence-electron chi connectivity index (χ2n) is 4.59. The largest absolute Gasteiger partial charge is 0.478 e. The van der Waals surface area contributed by atoms with Crippen LogP contribution in [-0.4, -0.2) is 54.1 Å². The molecule has 0 atom stereocenters. The highest BCUT2D eigenvalue weighted by Gasteiger charge is 2.05. The summed E-state index contributed by atoms with van der Waals surface area (Å²) in [4.78, 5) is 28.3. The number of aromatic nitrogens is 1. The summed E-state index contributed by atoms with van der Waals surface area (Å²) in [6, 6.07) is 1.60. The highest BCUT2D eigenvalue weighted by Crippen LogP contribution is 2.05. The molecule has 0 saturated heterocycles. The van der Waals surface area contributed by atoms with E-state index in [0.29, 0.717) is 17.7 Å². The molecule has 1 aromatic rings. The van der Waals surface area contributed by atoms with Crippen molar-refractivity contribution >= 4 is 18.0 Å². The van der Waals surface area contributed by atoms with E-state index in [1.165, 1.54) is 18.5 Å². The predicted molar refractivity (Wildman–Crippen MR) is 76.4 cm³/mol. The highest BCUT2D eigenvalue weighted by atomic mass is 16.4. The van der Waals surface area contributed by atoms with Crippen molar-refractivity contribution < 1.29 is 14.7 Å². The van der Waals surface area contributed by atoms with Gasteiger partial charge in [-0.05, 0) is 44.8 Å². The molecule has 1 rings (SSSR count). The van der Waals surface area contributed by atoms with Gasteiger partial charge >= 0.3 is 5.97 Å². The molecule has 0 saturated carbocycles. The summed E-state index contributed by atoms with van der Waals surface area (Å²) in [5, 5.41) is 11.4. The first-order chi connectivity index (χ1) is 9.49. The average molecular weight is 277 g/mol. The summed E-state index contributed by atoms with van der Waals surface area (Å²) >= 11 is 0. The van der Waals surface area contributed by atoms with Gasteiger partial charge in [0.1, 0.15) is 0 Å². The van der Waals surface area contributed by atoms with Crippen LogP contribution in [0.4, 0.5) is 0 Å². The number of pyridine rings is 1. The molecule has 0 bridgehead atoms. The summed E-state index contributed by atoms with van der Waals surface area (Å²) in [6.45, 7) is 1.49. The molecular formula is C14H19N3O3. The number of rotatable bonds is 7. The zero-order valence-corrected chi connectivity index (χ0v) is 11.7. The van der Waals surface area contributed by atoms with E-state index in [4.69, 9.17) is 5.11 Å². The van der Waals surface area contributed by atoms with Crippen LogP contribution in [0.3, 0.4) is 0 Å². The van der Waals surface area contributed by atoms with Crippen molar-refractivity contribution in [2.24, 2.45) is 0 Å². The molecule has 0 aliphatic rings. The van der Waals surface area contributed by atoms with E-state index in [9.17, 15) is 9.59 Å². The third-order valence-electron chi connectivity index (χ3n) is 2.51. The summed E-state index contributed by atoms with van der Waals surface area (Å²) in [6.07, 6.45) is 6.24. The van der Waals surface area contributed by atoms with Crippen molar-refractivity contribution in [1.29, 1.82) is 0 Å². The summed E-state index contributed by atoms with van der Waals surface area (Å²) in [5.74, 6) is -1.25. The molecule has 2 N–H and O–H groups in total. The van der Waals surface area contributed by atoms with Crippen molar-refractivity contribution in [3.05, 3.63) is 35.7 Å². The monoisotopic (exact) mass is 277 g/mol. The Bertz CT molecular complexity index is 498. The molecule has 0 aliphatic heterocycles. The number of carbonyl (C=O) groups is 2. The van der Waals surface area contributed by atoms with Crippen LogP contribution in [0.5, 0.6) is 0 Å². The fourth-order valence-electron chi connectivity index (χ4n) is 1.54. The minimum absolute atomic E-state index is 0.207. The number of carbonyl (C=O) groups excluding carboxylic acids is 1. The van der Waals surface area contributed by atoms with E-state index in [2.05, 4.69) is 10.3 Å². The SMILES string of the molecule is CN(C)CCCNC(=O)c1cncc(C=CC(=O)O)c1. The van der Waals surface area contributed by atoms with Gasteiger partial charge in [-0.2, -0.15) is 0 Å². The lowest BCUT2D eigenvalue weighted by Crippen LogP contribution is -2.27. The first kappa shape index (κ1) is 15.8. The topological polar surface area (TPSA) is 82.5 Å². The van der Waals surface area contributed by atoms with Gasteiger partial charge in [-0.15, -0.1) is 0 Å². The maximum absolute atomic E-state index is 11.9. The molecule has 0 unspecified atom stereocenters. The van der Waals surface area contributed by atoms with Crippen LogP contribution >= 0.6 is 0 Å². The van der Waals surface area contributed by atoms with Crippen LogP contribution < -0.4 is 5.32 Å².